The SMILES string of the molecule is CCOC(=O)c1ccc(Nc2cnnc(Nc3ccccc3)n2)cc1. The number of benzene rings is 2. The van der Waals surface area contributed by atoms with Crippen molar-refractivity contribution in [3.05, 3.63) is 66.4 Å². The summed E-state index contributed by atoms with van der Waals surface area (Å²) in [6.07, 6.45) is 1.52. The molecule has 25 heavy (non-hydrogen) atoms. The lowest BCUT2D eigenvalue weighted by atomic mass is 10.2. The monoisotopic (exact) mass is 335 g/mol. The van der Waals surface area contributed by atoms with Crippen molar-refractivity contribution in [2.45, 2.75) is 6.92 Å². The van der Waals surface area contributed by atoms with E-state index >= 15 is 0 Å². The summed E-state index contributed by atoms with van der Waals surface area (Å²) in [6, 6.07) is 16.5. The topological polar surface area (TPSA) is 89.0 Å². The van der Waals surface area contributed by atoms with Crippen LogP contribution in [-0.4, -0.2) is 27.8 Å². The van der Waals surface area contributed by atoms with Crippen molar-refractivity contribution in [3.8, 4) is 0 Å². The minimum Gasteiger partial charge on any atom is -0.462 e. The molecule has 0 radical (unpaired) electrons. The van der Waals surface area contributed by atoms with Crippen LogP contribution >= 0.6 is 0 Å². The number of nitrogens with zero attached hydrogens (tertiary/aromatic N) is 3. The van der Waals surface area contributed by atoms with Gasteiger partial charge in [-0.1, -0.05) is 18.2 Å². The van der Waals surface area contributed by atoms with E-state index in [2.05, 4.69) is 25.8 Å². The van der Waals surface area contributed by atoms with Crippen LogP contribution in [0.4, 0.5) is 23.1 Å². The van der Waals surface area contributed by atoms with Gasteiger partial charge in [-0.25, -0.2) is 4.79 Å². The van der Waals surface area contributed by atoms with Gasteiger partial charge >= 0.3 is 5.97 Å². The van der Waals surface area contributed by atoms with Crippen LogP contribution in [0, 0.1) is 0 Å². The summed E-state index contributed by atoms with van der Waals surface area (Å²) in [6.45, 7) is 2.12. The number of carbonyl (C=O) groups is 1. The molecular weight excluding hydrogens is 318 g/mol. The predicted octanol–water partition coefficient (Wildman–Crippen LogP) is 3.54. The van der Waals surface area contributed by atoms with Crippen LogP contribution in [0.1, 0.15) is 17.3 Å². The van der Waals surface area contributed by atoms with E-state index in [9.17, 15) is 4.79 Å². The molecular formula is C18H17N5O2. The number of hydrogen-bond acceptors (Lipinski definition) is 7. The zero-order valence-corrected chi connectivity index (χ0v) is 13.6. The van der Waals surface area contributed by atoms with Crippen LogP contribution in [0.3, 0.4) is 0 Å². The van der Waals surface area contributed by atoms with Crippen LogP contribution in [0.25, 0.3) is 0 Å². The highest BCUT2D eigenvalue weighted by molar-refractivity contribution is 5.89. The molecule has 0 spiro atoms. The molecule has 0 saturated heterocycles. The summed E-state index contributed by atoms with van der Waals surface area (Å²) >= 11 is 0. The number of ether oxygens (including phenoxy) is 1. The first-order chi connectivity index (χ1) is 12.2. The largest absolute Gasteiger partial charge is 0.462 e. The number of esters is 1. The number of carbonyl (C=O) groups excluding carboxylic acids is 1. The quantitative estimate of drug-likeness (QED) is 0.666. The Balaban J connectivity index is 1.68. The fraction of sp³-hybridized carbons (Fsp3) is 0.111. The molecule has 3 aromatic rings. The first kappa shape index (κ1) is 16.4. The number of anilines is 4. The standard InChI is InChI=1S/C18H17N5O2/c1-2-25-17(24)13-8-10-15(11-9-13)20-16-12-19-23-18(22-16)21-14-6-4-3-5-7-14/h3-12H,2H2,1H3,(H2,20,21,22,23). The Morgan fingerprint density at radius 3 is 2.44 bits per heavy atom. The van der Waals surface area contributed by atoms with Crippen LogP contribution in [-0.2, 0) is 4.74 Å². The van der Waals surface area contributed by atoms with Crippen LogP contribution in [0.5, 0.6) is 0 Å². The van der Waals surface area contributed by atoms with Crippen molar-refractivity contribution in [1.29, 1.82) is 0 Å². The zero-order chi connectivity index (χ0) is 17.5. The number of aromatic nitrogens is 3. The van der Waals surface area contributed by atoms with E-state index in [0.717, 1.165) is 11.4 Å². The number of hydrogen-bond donors (Lipinski definition) is 2. The average molecular weight is 335 g/mol. The lowest BCUT2D eigenvalue weighted by Gasteiger charge is -2.08. The lowest BCUT2D eigenvalue weighted by Crippen LogP contribution is -2.05. The van der Waals surface area contributed by atoms with E-state index in [-0.39, 0.29) is 5.97 Å². The van der Waals surface area contributed by atoms with Gasteiger partial charge in [-0.15, -0.1) is 5.10 Å². The molecule has 1 heterocycles. The number of para-hydroxylation sites is 1. The van der Waals surface area contributed by atoms with Gasteiger partial charge in [0.15, 0.2) is 5.82 Å². The first-order valence-electron chi connectivity index (χ1n) is 7.80. The maximum atomic E-state index is 11.7. The lowest BCUT2D eigenvalue weighted by molar-refractivity contribution is 0.0526. The first-order valence-corrected chi connectivity index (χ1v) is 7.80. The maximum Gasteiger partial charge on any atom is 0.338 e. The van der Waals surface area contributed by atoms with Crippen molar-refractivity contribution in [2.75, 3.05) is 17.2 Å². The molecule has 7 nitrogen and oxygen atoms in total. The van der Waals surface area contributed by atoms with Crippen LogP contribution < -0.4 is 10.6 Å². The van der Waals surface area contributed by atoms with Crippen molar-refractivity contribution in [1.82, 2.24) is 15.2 Å². The molecule has 0 aliphatic heterocycles. The highest BCUT2D eigenvalue weighted by Crippen LogP contribution is 2.17. The highest BCUT2D eigenvalue weighted by Gasteiger charge is 2.06. The molecule has 0 amide bonds. The second-order valence-electron chi connectivity index (χ2n) is 5.08. The maximum absolute atomic E-state index is 11.7. The van der Waals surface area contributed by atoms with Gasteiger partial charge in [0.25, 0.3) is 0 Å². The Bertz CT molecular complexity index is 838. The van der Waals surface area contributed by atoms with E-state index in [1.165, 1.54) is 6.20 Å². The van der Waals surface area contributed by atoms with Crippen molar-refractivity contribution in [3.63, 3.8) is 0 Å². The number of nitrogens with one attached hydrogen (secondary N) is 2. The molecule has 3 rings (SSSR count). The molecule has 0 unspecified atom stereocenters. The van der Waals surface area contributed by atoms with Crippen LogP contribution in [0.2, 0.25) is 0 Å². The molecule has 2 N–H and O–H groups in total. The molecule has 126 valence electrons. The Labute approximate surface area is 145 Å². The van der Waals surface area contributed by atoms with Gasteiger partial charge in [-0.2, -0.15) is 10.1 Å². The summed E-state index contributed by atoms with van der Waals surface area (Å²) < 4.78 is 4.96. The minimum absolute atomic E-state index is 0.341. The zero-order valence-electron chi connectivity index (χ0n) is 13.6. The second-order valence-corrected chi connectivity index (χ2v) is 5.08. The van der Waals surface area contributed by atoms with Gasteiger partial charge in [-0.3, -0.25) is 0 Å². The van der Waals surface area contributed by atoms with Crippen molar-refractivity contribution < 1.29 is 9.53 Å². The van der Waals surface area contributed by atoms with Crippen LogP contribution in [0.15, 0.2) is 60.8 Å². The molecule has 7 heteroatoms. The second kappa shape index (κ2) is 7.87. The molecule has 0 bridgehead atoms. The van der Waals surface area contributed by atoms with E-state index in [1.807, 2.05) is 30.3 Å². The van der Waals surface area contributed by atoms with E-state index in [1.54, 1.807) is 31.2 Å². The minimum atomic E-state index is -0.341. The van der Waals surface area contributed by atoms with Gasteiger partial charge in [0.2, 0.25) is 5.95 Å². The molecule has 0 fully saturated rings. The van der Waals surface area contributed by atoms with Gasteiger partial charge in [-0.05, 0) is 43.3 Å². The third kappa shape index (κ3) is 4.51. The average Bonchev–Trinajstić information content (AvgIpc) is 2.64. The fourth-order valence-corrected chi connectivity index (χ4v) is 2.12. The van der Waals surface area contributed by atoms with Gasteiger partial charge in [0, 0.05) is 11.4 Å². The van der Waals surface area contributed by atoms with Crippen molar-refractivity contribution >= 4 is 29.1 Å². The summed E-state index contributed by atoms with van der Waals surface area (Å²) in [5, 5.41) is 14.1. The molecule has 1 aromatic heterocycles. The molecule has 0 atom stereocenters. The summed E-state index contributed by atoms with van der Waals surface area (Å²) in [5.41, 5.74) is 2.15. The smallest absolute Gasteiger partial charge is 0.338 e. The van der Waals surface area contributed by atoms with Gasteiger partial charge in [0.1, 0.15) is 0 Å². The van der Waals surface area contributed by atoms with Gasteiger partial charge < -0.3 is 15.4 Å². The normalized spacial score (nSPS) is 10.1. The Kier molecular flexibility index (Phi) is 5.16. The third-order valence-electron chi connectivity index (χ3n) is 3.26. The molecule has 2 aromatic carbocycles. The van der Waals surface area contributed by atoms with E-state index in [0.29, 0.717) is 23.9 Å². The van der Waals surface area contributed by atoms with E-state index < -0.39 is 0 Å². The summed E-state index contributed by atoms with van der Waals surface area (Å²) in [4.78, 5) is 16.0. The molecule has 0 saturated carbocycles. The van der Waals surface area contributed by atoms with Crippen molar-refractivity contribution in [2.24, 2.45) is 0 Å². The predicted molar refractivity (Wildman–Crippen MR) is 95.2 cm³/mol. The third-order valence-corrected chi connectivity index (χ3v) is 3.26. The van der Waals surface area contributed by atoms with Gasteiger partial charge in [0.05, 0.1) is 18.4 Å². The Morgan fingerprint density at radius 1 is 1.00 bits per heavy atom. The Morgan fingerprint density at radius 2 is 1.72 bits per heavy atom. The fourth-order valence-electron chi connectivity index (χ4n) is 2.12. The Hall–Kier alpha value is -3.48. The van der Waals surface area contributed by atoms with E-state index in [4.69, 9.17) is 4.74 Å². The highest BCUT2D eigenvalue weighted by atomic mass is 16.5. The molecule has 0 aliphatic carbocycles. The summed E-state index contributed by atoms with van der Waals surface area (Å²) in [5.74, 6) is 0.587. The summed E-state index contributed by atoms with van der Waals surface area (Å²) in [7, 11) is 0. The molecule has 0 aliphatic rings. The number of rotatable bonds is 6.